The van der Waals surface area contributed by atoms with Crippen LogP contribution in [-0.2, 0) is 7.05 Å². The lowest BCUT2D eigenvalue weighted by molar-refractivity contribution is 0.345. The Morgan fingerprint density at radius 1 is 1.12 bits per heavy atom. The molecule has 0 atom stereocenters. The third kappa shape index (κ3) is 2.32. The van der Waals surface area contributed by atoms with Crippen molar-refractivity contribution in [3.05, 3.63) is 30.7 Å². The Morgan fingerprint density at radius 2 is 2.00 bits per heavy atom. The summed E-state index contributed by atoms with van der Waals surface area (Å²) in [5.74, 6) is 0. The van der Waals surface area contributed by atoms with E-state index in [4.69, 9.17) is 5.10 Å². The van der Waals surface area contributed by atoms with Crippen molar-refractivity contribution in [2.45, 2.75) is 18.9 Å². The van der Waals surface area contributed by atoms with Gasteiger partial charge in [0.15, 0.2) is 0 Å². The molecule has 5 heterocycles. The van der Waals surface area contributed by atoms with Gasteiger partial charge in [-0.15, -0.1) is 11.3 Å². The van der Waals surface area contributed by atoms with E-state index >= 15 is 0 Å². The number of pyridine rings is 1. The average molecular weight is 338 g/mol. The number of fused-ring (bicyclic) bond motifs is 2. The Hall–Kier alpha value is -2.25. The molecule has 0 unspecified atom stereocenters. The zero-order valence-electron chi connectivity index (χ0n) is 13.4. The summed E-state index contributed by atoms with van der Waals surface area (Å²) in [6, 6.07) is 4.84. The number of rotatable bonds is 2. The number of nitrogens with one attached hydrogen (secondary N) is 1. The van der Waals surface area contributed by atoms with Crippen molar-refractivity contribution in [1.82, 2.24) is 29.9 Å². The van der Waals surface area contributed by atoms with Gasteiger partial charge in [-0.2, -0.15) is 10.2 Å². The largest absolute Gasteiger partial charge is 0.317 e. The molecule has 6 nitrogen and oxygen atoms in total. The molecule has 1 aliphatic heterocycles. The first-order chi connectivity index (χ1) is 11.8. The number of piperidine rings is 1. The number of aromatic nitrogens is 5. The van der Waals surface area contributed by atoms with Crippen LogP contribution in [-0.4, -0.2) is 37.6 Å². The van der Waals surface area contributed by atoms with E-state index in [9.17, 15) is 0 Å². The second-order valence-corrected chi connectivity index (χ2v) is 7.42. The second-order valence-electron chi connectivity index (χ2n) is 6.39. The highest BCUT2D eigenvalue weighted by Gasteiger charge is 2.18. The van der Waals surface area contributed by atoms with E-state index in [1.807, 2.05) is 24.1 Å². The predicted molar refractivity (Wildman–Crippen MR) is 96.3 cm³/mol. The molecular formula is C17H18N6S. The highest BCUT2D eigenvalue weighted by Crippen LogP contribution is 2.34. The maximum atomic E-state index is 4.81. The highest BCUT2D eigenvalue weighted by atomic mass is 32.1. The lowest BCUT2D eigenvalue weighted by atomic mass is 10.1. The summed E-state index contributed by atoms with van der Waals surface area (Å²) < 4.78 is 3.98. The van der Waals surface area contributed by atoms with Gasteiger partial charge >= 0.3 is 0 Å². The Labute approximate surface area is 143 Å². The maximum Gasteiger partial charge on any atom is 0.146 e. The Kier molecular flexibility index (Phi) is 3.17. The van der Waals surface area contributed by atoms with Crippen LogP contribution in [0.5, 0.6) is 0 Å². The Morgan fingerprint density at radius 3 is 2.83 bits per heavy atom. The lowest BCUT2D eigenvalue weighted by Gasteiger charge is -2.22. The fraction of sp³-hybridized carbons (Fsp3) is 0.353. The van der Waals surface area contributed by atoms with Crippen LogP contribution in [0.2, 0.25) is 0 Å². The van der Waals surface area contributed by atoms with Crippen molar-refractivity contribution < 1.29 is 0 Å². The zero-order chi connectivity index (χ0) is 16.1. The van der Waals surface area contributed by atoms with Crippen LogP contribution < -0.4 is 5.32 Å². The van der Waals surface area contributed by atoms with Crippen LogP contribution in [0.4, 0.5) is 0 Å². The van der Waals surface area contributed by atoms with Gasteiger partial charge in [0.1, 0.15) is 10.3 Å². The van der Waals surface area contributed by atoms with Gasteiger partial charge in [-0.1, -0.05) is 0 Å². The van der Waals surface area contributed by atoms with Crippen LogP contribution in [0.1, 0.15) is 18.9 Å². The van der Waals surface area contributed by atoms with Crippen molar-refractivity contribution in [1.29, 1.82) is 0 Å². The molecule has 122 valence electrons. The van der Waals surface area contributed by atoms with E-state index in [1.54, 1.807) is 11.3 Å². The fourth-order valence-corrected chi connectivity index (χ4v) is 4.39. The quantitative estimate of drug-likeness (QED) is 0.610. The Balaban J connectivity index is 1.51. The van der Waals surface area contributed by atoms with Gasteiger partial charge in [0.05, 0.1) is 22.8 Å². The molecule has 0 aliphatic carbocycles. The normalized spacial score (nSPS) is 16.4. The van der Waals surface area contributed by atoms with E-state index in [0.29, 0.717) is 6.04 Å². The molecular weight excluding hydrogens is 320 g/mol. The maximum absolute atomic E-state index is 4.81. The monoisotopic (exact) mass is 338 g/mol. The lowest BCUT2D eigenvalue weighted by Crippen LogP contribution is -2.29. The van der Waals surface area contributed by atoms with Gasteiger partial charge in [0.25, 0.3) is 0 Å². The molecule has 0 spiro atoms. The molecule has 1 fully saturated rings. The van der Waals surface area contributed by atoms with Crippen molar-refractivity contribution in [2.24, 2.45) is 7.05 Å². The first-order valence-electron chi connectivity index (χ1n) is 8.25. The van der Waals surface area contributed by atoms with Crippen molar-refractivity contribution in [3.8, 4) is 10.6 Å². The molecule has 1 aliphatic rings. The number of thiophene rings is 1. The van der Waals surface area contributed by atoms with Gasteiger partial charge in [-0.25, -0.2) is 0 Å². The number of nitrogens with zero attached hydrogens (tertiary/aromatic N) is 5. The van der Waals surface area contributed by atoms with E-state index in [0.717, 1.165) is 52.2 Å². The SMILES string of the molecule is Cn1cc2cc(-c3cc4cn(C5CCNCC5)nc4s3)ncc2n1. The fourth-order valence-electron chi connectivity index (χ4n) is 3.41. The zero-order valence-corrected chi connectivity index (χ0v) is 14.3. The van der Waals surface area contributed by atoms with E-state index in [1.165, 1.54) is 5.39 Å². The first kappa shape index (κ1) is 14.1. The minimum absolute atomic E-state index is 0.527. The van der Waals surface area contributed by atoms with Crippen LogP contribution >= 0.6 is 11.3 Å². The molecule has 4 aromatic rings. The van der Waals surface area contributed by atoms with Crippen LogP contribution in [0.3, 0.4) is 0 Å². The minimum Gasteiger partial charge on any atom is -0.317 e. The Bertz CT molecular complexity index is 989. The van der Waals surface area contributed by atoms with Crippen LogP contribution in [0.15, 0.2) is 30.7 Å². The van der Waals surface area contributed by atoms with Crippen LogP contribution in [0.25, 0.3) is 31.7 Å². The number of aryl methyl sites for hydroxylation is 1. The first-order valence-corrected chi connectivity index (χ1v) is 9.07. The topological polar surface area (TPSA) is 60.6 Å². The summed E-state index contributed by atoms with van der Waals surface area (Å²) in [5.41, 5.74) is 1.92. The summed E-state index contributed by atoms with van der Waals surface area (Å²) in [5, 5.41) is 14.9. The third-order valence-corrected chi connectivity index (χ3v) is 5.72. The predicted octanol–water partition coefficient (Wildman–Crippen LogP) is 2.97. The average Bonchev–Trinajstić information content (AvgIpc) is 3.26. The van der Waals surface area contributed by atoms with Crippen molar-refractivity contribution >= 4 is 32.5 Å². The summed E-state index contributed by atoms with van der Waals surface area (Å²) in [7, 11) is 1.93. The summed E-state index contributed by atoms with van der Waals surface area (Å²) >= 11 is 1.71. The van der Waals surface area contributed by atoms with Gasteiger partial charge < -0.3 is 5.32 Å². The van der Waals surface area contributed by atoms with Gasteiger partial charge in [-0.05, 0) is 38.1 Å². The smallest absolute Gasteiger partial charge is 0.146 e. The number of hydrogen-bond donors (Lipinski definition) is 1. The molecule has 0 bridgehead atoms. The highest BCUT2D eigenvalue weighted by molar-refractivity contribution is 7.21. The molecule has 24 heavy (non-hydrogen) atoms. The molecule has 0 saturated carbocycles. The third-order valence-electron chi connectivity index (χ3n) is 4.66. The van der Waals surface area contributed by atoms with Crippen molar-refractivity contribution in [3.63, 3.8) is 0 Å². The molecule has 5 rings (SSSR count). The molecule has 0 radical (unpaired) electrons. The summed E-state index contributed by atoms with van der Waals surface area (Å²) in [6.45, 7) is 2.16. The second kappa shape index (κ2) is 5.39. The molecule has 7 heteroatoms. The van der Waals surface area contributed by atoms with Crippen LogP contribution in [0, 0.1) is 0 Å². The molecule has 1 saturated heterocycles. The minimum atomic E-state index is 0.527. The van der Waals surface area contributed by atoms with Gasteiger partial charge in [0.2, 0.25) is 0 Å². The molecule has 0 amide bonds. The van der Waals surface area contributed by atoms with E-state index < -0.39 is 0 Å². The molecule has 4 aromatic heterocycles. The molecule has 0 aromatic carbocycles. The van der Waals surface area contributed by atoms with E-state index in [-0.39, 0.29) is 0 Å². The summed E-state index contributed by atoms with van der Waals surface area (Å²) in [6.07, 6.45) is 8.37. The van der Waals surface area contributed by atoms with Gasteiger partial charge in [-0.3, -0.25) is 14.3 Å². The molecule has 1 N–H and O–H groups in total. The van der Waals surface area contributed by atoms with Gasteiger partial charge in [0, 0.05) is 30.2 Å². The summed E-state index contributed by atoms with van der Waals surface area (Å²) in [4.78, 5) is 6.83. The van der Waals surface area contributed by atoms with Crippen molar-refractivity contribution in [2.75, 3.05) is 13.1 Å². The standard InChI is InChI=1S/C17H18N6S/c1-22-9-11-6-14(19-8-15(11)20-22)16-7-12-10-23(21-17(12)24-16)13-2-4-18-5-3-13/h6-10,13,18H,2-5H2,1H3. The number of hydrogen-bond acceptors (Lipinski definition) is 5. The van der Waals surface area contributed by atoms with E-state index in [2.05, 4.69) is 38.4 Å².